The van der Waals surface area contributed by atoms with E-state index in [-0.39, 0.29) is 24.8 Å². The van der Waals surface area contributed by atoms with Crippen LogP contribution in [-0.2, 0) is 33.5 Å². The van der Waals surface area contributed by atoms with Gasteiger partial charge >= 0.3 is 5.97 Å². The summed E-state index contributed by atoms with van der Waals surface area (Å²) in [6.45, 7) is 13.6. The summed E-state index contributed by atoms with van der Waals surface area (Å²) in [6, 6.07) is -3.29. The van der Waals surface area contributed by atoms with Gasteiger partial charge in [0, 0.05) is 13.6 Å². The second kappa shape index (κ2) is 26.8. The zero-order valence-electron chi connectivity index (χ0n) is 34.3. The zero-order chi connectivity index (χ0) is 41.5. The molecule has 312 valence electrons. The summed E-state index contributed by atoms with van der Waals surface area (Å²) in [5.74, 6) is -6.16. The second-order valence-electron chi connectivity index (χ2n) is 15.1. The Morgan fingerprint density at radius 2 is 1.35 bits per heavy atom. The molecule has 0 aromatic carbocycles. The van der Waals surface area contributed by atoms with Crippen LogP contribution in [0.15, 0.2) is 0 Å². The maximum Gasteiger partial charge on any atom is 0.325 e. The lowest BCUT2D eigenvalue weighted by Crippen LogP contribution is -2.60. The fourth-order valence-corrected chi connectivity index (χ4v) is 5.81. The van der Waals surface area contributed by atoms with Gasteiger partial charge in [0.25, 0.3) is 0 Å². The lowest BCUT2D eigenvalue weighted by Gasteiger charge is -2.34. The third kappa shape index (κ3) is 19.4. The number of hydrogen-bond donors (Lipinski definition) is 8. The largest absolute Gasteiger partial charge is 0.460 e. The van der Waals surface area contributed by atoms with Gasteiger partial charge in [-0.15, -0.1) is 0 Å². The van der Waals surface area contributed by atoms with E-state index in [4.69, 9.17) is 21.6 Å². The number of likely N-dealkylation sites (N-methyl/N-ethyl adjacent to an activating group) is 1. The Balaban J connectivity index is 6.12. The Labute approximate surface area is 322 Å². The molecule has 0 aliphatic rings. The molecule has 0 bridgehead atoms. The predicted molar refractivity (Wildman–Crippen MR) is 209 cm³/mol. The van der Waals surface area contributed by atoms with Crippen molar-refractivity contribution in [1.82, 2.24) is 26.2 Å². The number of carbonyl (C=O) groups excluding carboxylic acids is 6. The summed E-state index contributed by atoms with van der Waals surface area (Å²) in [7, 11) is 1.51. The Bertz CT molecular complexity index is 1200. The zero-order valence-corrected chi connectivity index (χ0v) is 34.3. The molecule has 16 heteroatoms. The van der Waals surface area contributed by atoms with E-state index in [1.54, 1.807) is 20.8 Å². The van der Waals surface area contributed by atoms with E-state index in [2.05, 4.69) is 28.2 Å². The standard InChI is InChI=1S/C38H72N8O8/c1-10-12-13-14-15-16-17-18-19-30(54-31(48)22-42-34(50)25(6)27(8)47)26(7)37(53)46(9)29(20-23(3)4)35(51)45-32(24(5)11-2)36(52)44-28(33(39)49)21-43-38(40)41/h23-30,32,47H,10-22H2,1-9H3,(H2,39,49)(H,42,50)(H,44,52)(H,45,51)(H4,40,41,43)/t24-,25-,26+,27-,28-,29-,30+,32-/m0/s1. The van der Waals surface area contributed by atoms with Gasteiger partial charge < -0.3 is 47.5 Å². The number of amides is 5. The van der Waals surface area contributed by atoms with Crippen LogP contribution < -0.4 is 32.7 Å². The highest BCUT2D eigenvalue weighted by atomic mass is 16.5. The second-order valence-corrected chi connectivity index (χ2v) is 15.1. The molecule has 0 saturated heterocycles. The van der Waals surface area contributed by atoms with Gasteiger partial charge in [0.1, 0.15) is 30.8 Å². The van der Waals surface area contributed by atoms with E-state index < -0.39 is 90.2 Å². The molecule has 8 atom stereocenters. The van der Waals surface area contributed by atoms with Crippen LogP contribution in [-0.4, -0.2) is 102 Å². The van der Waals surface area contributed by atoms with Crippen LogP contribution in [0, 0.1) is 29.1 Å². The first kappa shape index (κ1) is 50.1. The Kier molecular flexibility index (Phi) is 24.8. The van der Waals surface area contributed by atoms with Gasteiger partial charge in [-0.3, -0.25) is 34.2 Å². The number of nitrogens with one attached hydrogen (secondary N) is 5. The molecule has 0 fully saturated rings. The predicted octanol–water partition coefficient (Wildman–Crippen LogP) is 2.06. The number of primary amides is 1. The Hall–Kier alpha value is -3.95. The van der Waals surface area contributed by atoms with Crippen LogP contribution in [0.5, 0.6) is 0 Å². The Morgan fingerprint density at radius 3 is 1.85 bits per heavy atom. The topological polar surface area (TPSA) is 259 Å². The number of ether oxygens (including phenoxy) is 1. The van der Waals surface area contributed by atoms with Crippen molar-refractivity contribution < 1.29 is 38.6 Å². The fraction of sp³-hybridized carbons (Fsp3) is 0.816. The quantitative estimate of drug-likeness (QED) is 0.0249. The van der Waals surface area contributed by atoms with E-state index in [0.29, 0.717) is 19.3 Å². The number of aliphatic hydroxyl groups is 1. The molecule has 0 saturated carbocycles. The SMILES string of the molecule is CCCCCCCCCC[C@@H](OC(=O)CNC(=O)[C@@H](C)[C@H](C)O)[C@@H](C)C(=O)N(C)[C@@H](CC(C)C)C(=O)N[C@H](C(=O)N[C@@H](CNC(=N)N)C(N)=O)[C@@H](C)CC. The van der Waals surface area contributed by atoms with Crippen molar-refractivity contribution in [3.05, 3.63) is 0 Å². The van der Waals surface area contributed by atoms with E-state index in [9.17, 15) is 33.9 Å². The molecule has 0 unspecified atom stereocenters. The molecule has 0 aliphatic carbocycles. The fourth-order valence-electron chi connectivity index (χ4n) is 5.81. The number of esters is 1. The number of unbranched alkanes of at least 4 members (excludes halogenated alkanes) is 7. The van der Waals surface area contributed by atoms with Crippen molar-refractivity contribution in [1.29, 1.82) is 5.41 Å². The number of rotatable bonds is 28. The number of aliphatic hydroxyl groups excluding tert-OH is 1. The molecule has 0 heterocycles. The maximum atomic E-state index is 14.1. The van der Waals surface area contributed by atoms with Crippen molar-refractivity contribution in [2.75, 3.05) is 20.1 Å². The van der Waals surface area contributed by atoms with E-state index in [1.807, 2.05) is 20.8 Å². The minimum absolute atomic E-state index is 0.0299. The molecule has 5 amide bonds. The number of nitrogens with zero attached hydrogens (tertiary/aromatic N) is 1. The normalized spacial score (nSPS) is 15.7. The molecule has 0 rings (SSSR count). The highest BCUT2D eigenvalue weighted by molar-refractivity contribution is 5.94. The number of guanidine groups is 1. The van der Waals surface area contributed by atoms with Crippen LogP contribution >= 0.6 is 0 Å². The summed E-state index contributed by atoms with van der Waals surface area (Å²) in [5, 5.41) is 27.4. The summed E-state index contributed by atoms with van der Waals surface area (Å²) in [5.41, 5.74) is 10.8. The molecular weight excluding hydrogens is 696 g/mol. The number of nitrogens with two attached hydrogens (primary N) is 2. The van der Waals surface area contributed by atoms with E-state index >= 15 is 0 Å². The summed E-state index contributed by atoms with van der Waals surface area (Å²) >= 11 is 0. The highest BCUT2D eigenvalue weighted by Crippen LogP contribution is 2.22. The molecule has 54 heavy (non-hydrogen) atoms. The smallest absolute Gasteiger partial charge is 0.325 e. The van der Waals surface area contributed by atoms with Crippen molar-refractivity contribution in [3.63, 3.8) is 0 Å². The molecule has 0 radical (unpaired) electrons. The average molecular weight is 769 g/mol. The first-order chi connectivity index (χ1) is 25.3. The average Bonchev–Trinajstić information content (AvgIpc) is 3.11. The molecule has 16 nitrogen and oxygen atoms in total. The molecule has 0 spiro atoms. The summed E-state index contributed by atoms with van der Waals surface area (Å²) < 4.78 is 5.81. The van der Waals surface area contributed by atoms with Crippen LogP contribution in [0.3, 0.4) is 0 Å². The van der Waals surface area contributed by atoms with Crippen LogP contribution in [0.25, 0.3) is 0 Å². The van der Waals surface area contributed by atoms with Gasteiger partial charge in [-0.25, -0.2) is 0 Å². The molecule has 10 N–H and O–H groups in total. The van der Waals surface area contributed by atoms with Gasteiger partial charge in [0.2, 0.25) is 29.5 Å². The third-order valence-electron chi connectivity index (χ3n) is 9.88. The molecule has 0 aromatic heterocycles. The molecule has 0 aliphatic heterocycles. The van der Waals surface area contributed by atoms with Crippen LogP contribution in [0.4, 0.5) is 0 Å². The lowest BCUT2D eigenvalue weighted by molar-refractivity contribution is -0.158. The van der Waals surface area contributed by atoms with Crippen LogP contribution in [0.1, 0.15) is 126 Å². The minimum Gasteiger partial charge on any atom is -0.460 e. The van der Waals surface area contributed by atoms with Crippen molar-refractivity contribution in [2.24, 2.45) is 35.1 Å². The van der Waals surface area contributed by atoms with Crippen LogP contribution in [0.2, 0.25) is 0 Å². The van der Waals surface area contributed by atoms with E-state index in [1.165, 1.54) is 31.7 Å². The number of hydrogen-bond acceptors (Lipinski definition) is 9. The lowest BCUT2D eigenvalue weighted by atomic mass is 9.94. The van der Waals surface area contributed by atoms with Crippen molar-refractivity contribution in [2.45, 2.75) is 156 Å². The highest BCUT2D eigenvalue weighted by Gasteiger charge is 2.37. The van der Waals surface area contributed by atoms with Crippen molar-refractivity contribution in [3.8, 4) is 0 Å². The summed E-state index contributed by atoms with van der Waals surface area (Å²) in [6.07, 6.45) is 7.81. The van der Waals surface area contributed by atoms with Gasteiger partial charge in [0.15, 0.2) is 5.96 Å². The first-order valence-electron chi connectivity index (χ1n) is 19.7. The van der Waals surface area contributed by atoms with Gasteiger partial charge in [-0.1, -0.05) is 99.8 Å². The first-order valence-corrected chi connectivity index (χ1v) is 19.7. The molecule has 0 aromatic rings. The van der Waals surface area contributed by atoms with Gasteiger partial charge in [-0.2, -0.15) is 0 Å². The maximum absolute atomic E-state index is 14.1. The Morgan fingerprint density at radius 1 is 0.778 bits per heavy atom. The van der Waals surface area contributed by atoms with Crippen molar-refractivity contribution >= 4 is 41.5 Å². The van der Waals surface area contributed by atoms with Gasteiger partial charge in [0.05, 0.1) is 17.9 Å². The molecular formula is C38H72N8O8. The van der Waals surface area contributed by atoms with Gasteiger partial charge in [-0.05, 0) is 38.0 Å². The summed E-state index contributed by atoms with van der Waals surface area (Å²) in [4.78, 5) is 80.2. The third-order valence-corrected chi connectivity index (χ3v) is 9.88. The minimum atomic E-state index is -1.21. The van der Waals surface area contributed by atoms with E-state index in [0.717, 1.165) is 32.1 Å². The monoisotopic (exact) mass is 769 g/mol. The number of carbonyl (C=O) groups is 6.